The molecule has 0 fully saturated rings. The van der Waals surface area contributed by atoms with Crippen LogP contribution in [0.5, 0.6) is 0 Å². The Bertz CT molecular complexity index is 596. The van der Waals surface area contributed by atoms with Crippen molar-refractivity contribution in [2.24, 2.45) is 0 Å². The van der Waals surface area contributed by atoms with Crippen molar-refractivity contribution in [2.75, 3.05) is 20.1 Å². The quantitative estimate of drug-likeness (QED) is 0.888. The third-order valence-corrected chi connectivity index (χ3v) is 6.61. The molecule has 0 spiro atoms. The summed E-state index contributed by atoms with van der Waals surface area (Å²) >= 11 is 1.65. The summed E-state index contributed by atoms with van der Waals surface area (Å²) in [7, 11) is -2.19. The fraction of sp³-hybridized carbons (Fsp3) is 0.583. The lowest BCUT2D eigenvalue weighted by atomic mass is 10.0. The molecule has 0 amide bonds. The highest BCUT2D eigenvalue weighted by Gasteiger charge is 2.35. The molecule has 1 aromatic rings. The average molecular weight is 318 g/mol. The van der Waals surface area contributed by atoms with E-state index in [1.54, 1.807) is 11.3 Å². The molecule has 6 nitrogen and oxygen atoms in total. The van der Waals surface area contributed by atoms with Crippen LogP contribution in [0.1, 0.15) is 29.8 Å². The summed E-state index contributed by atoms with van der Waals surface area (Å²) in [5.74, 6) is -1.00. The predicted octanol–water partition coefficient (Wildman–Crippen LogP) is 1.32. The molecule has 1 aliphatic rings. The minimum Gasteiger partial charge on any atom is -0.481 e. The summed E-state index contributed by atoms with van der Waals surface area (Å²) in [5, 5.41) is 10.6. The second-order valence-corrected chi connectivity index (χ2v) is 7.80. The fourth-order valence-electron chi connectivity index (χ4n) is 2.35. The van der Waals surface area contributed by atoms with Gasteiger partial charge in [0.1, 0.15) is 0 Å². The van der Waals surface area contributed by atoms with E-state index in [0.29, 0.717) is 13.0 Å². The third kappa shape index (κ3) is 2.88. The Morgan fingerprint density at radius 1 is 1.60 bits per heavy atom. The van der Waals surface area contributed by atoms with E-state index in [1.165, 1.54) is 16.2 Å². The van der Waals surface area contributed by atoms with E-state index in [2.05, 4.69) is 0 Å². The van der Waals surface area contributed by atoms with Gasteiger partial charge in [-0.3, -0.25) is 4.79 Å². The van der Waals surface area contributed by atoms with Gasteiger partial charge >= 0.3 is 5.97 Å². The molecule has 1 N–H and O–H groups in total. The molecular formula is C12H18N2O4S2. The van der Waals surface area contributed by atoms with Crippen molar-refractivity contribution >= 4 is 27.5 Å². The van der Waals surface area contributed by atoms with Crippen LogP contribution in [0.25, 0.3) is 0 Å². The molecule has 0 aromatic carbocycles. The number of fused-ring (bicyclic) bond motifs is 1. The smallest absolute Gasteiger partial charge is 0.304 e. The van der Waals surface area contributed by atoms with Crippen LogP contribution in [0.3, 0.4) is 0 Å². The first kappa shape index (κ1) is 15.4. The maximum absolute atomic E-state index is 12.5. The second kappa shape index (κ2) is 5.80. The lowest BCUT2D eigenvalue weighted by Crippen LogP contribution is -2.46. The zero-order valence-electron chi connectivity index (χ0n) is 11.4. The molecule has 0 saturated heterocycles. The Morgan fingerprint density at radius 3 is 2.95 bits per heavy atom. The van der Waals surface area contributed by atoms with Gasteiger partial charge in [0.05, 0.1) is 6.42 Å². The van der Waals surface area contributed by atoms with E-state index in [-0.39, 0.29) is 19.0 Å². The maximum atomic E-state index is 12.5. The maximum Gasteiger partial charge on any atom is 0.304 e. The zero-order valence-corrected chi connectivity index (χ0v) is 13.1. The summed E-state index contributed by atoms with van der Waals surface area (Å²) in [6, 6.07) is 1.76. The van der Waals surface area contributed by atoms with Gasteiger partial charge in [-0.1, -0.05) is 0 Å². The summed E-state index contributed by atoms with van der Waals surface area (Å²) in [6.07, 6.45) is 0.519. The van der Waals surface area contributed by atoms with Crippen molar-refractivity contribution in [1.82, 2.24) is 8.61 Å². The molecule has 1 aliphatic heterocycles. The summed E-state index contributed by atoms with van der Waals surface area (Å²) < 4.78 is 27.6. The molecule has 8 heteroatoms. The van der Waals surface area contributed by atoms with Gasteiger partial charge in [-0.05, 0) is 30.4 Å². The first-order chi connectivity index (χ1) is 9.34. The Balaban J connectivity index is 2.16. The van der Waals surface area contributed by atoms with Crippen molar-refractivity contribution in [3.8, 4) is 0 Å². The van der Waals surface area contributed by atoms with Crippen LogP contribution in [-0.2, 0) is 21.4 Å². The topological polar surface area (TPSA) is 77.9 Å². The van der Waals surface area contributed by atoms with Crippen LogP contribution in [-0.4, -0.2) is 48.2 Å². The third-order valence-electron chi connectivity index (χ3n) is 3.55. The first-order valence-electron chi connectivity index (χ1n) is 6.35. The molecule has 0 saturated carbocycles. The molecule has 0 bridgehead atoms. The van der Waals surface area contributed by atoms with Crippen LogP contribution in [0.2, 0.25) is 0 Å². The number of hydrogen-bond donors (Lipinski definition) is 1. The van der Waals surface area contributed by atoms with Gasteiger partial charge in [0.15, 0.2) is 0 Å². The molecule has 1 unspecified atom stereocenters. The SMILES string of the molecule is CC1c2ccsc2CCN1S(=O)(=O)N(C)CCC(=O)O. The Labute approximate surface area is 122 Å². The number of rotatable bonds is 5. The minimum atomic E-state index is -3.62. The van der Waals surface area contributed by atoms with E-state index in [9.17, 15) is 13.2 Å². The Kier molecular flexibility index (Phi) is 4.48. The van der Waals surface area contributed by atoms with E-state index in [4.69, 9.17) is 5.11 Å². The van der Waals surface area contributed by atoms with E-state index >= 15 is 0 Å². The summed E-state index contributed by atoms with van der Waals surface area (Å²) in [6.45, 7) is 2.29. The van der Waals surface area contributed by atoms with Gasteiger partial charge in [-0.25, -0.2) is 0 Å². The van der Waals surface area contributed by atoms with Gasteiger partial charge in [0.25, 0.3) is 10.2 Å². The Morgan fingerprint density at radius 2 is 2.30 bits per heavy atom. The number of aliphatic carboxylic acids is 1. The van der Waals surface area contributed by atoms with Crippen LogP contribution in [0.4, 0.5) is 0 Å². The number of nitrogens with zero attached hydrogens (tertiary/aromatic N) is 2. The molecule has 2 heterocycles. The van der Waals surface area contributed by atoms with Gasteiger partial charge in [0, 0.05) is 31.1 Å². The van der Waals surface area contributed by atoms with Crippen molar-refractivity contribution in [1.29, 1.82) is 0 Å². The van der Waals surface area contributed by atoms with Crippen LogP contribution >= 0.6 is 11.3 Å². The van der Waals surface area contributed by atoms with Crippen molar-refractivity contribution in [3.05, 3.63) is 21.9 Å². The standard InChI is InChI=1S/C12H18N2O4S2/c1-9-10-5-8-19-11(10)3-7-14(9)20(17,18)13(2)6-4-12(15)16/h5,8-9H,3-4,6-7H2,1-2H3,(H,15,16). The second-order valence-electron chi connectivity index (χ2n) is 4.81. The molecule has 112 valence electrons. The van der Waals surface area contributed by atoms with E-state index in [0.717, 1.165) is 9.87 Å². The Hall–Kier alpha value is -0.960. The number of thiophene rings is 1. The average Bonchev–Trinajstić information content (AvgIpc) is 2.85. The molecule has 20 heavy (non-hydrogen) atoms. The van der Waals surface area contributed by atoms with Crippen molar-refractivity contribution in [3.63, 3.8) is 0 Å². The lowest BCUT2D eigenvalue weighted by Gasteiger charge is -2.35. The van der Waals surface area contributed by atoms with Gasteiger partial charge in [0.2, 0.25) is 0 Å². The predicted molar refractivity (Wildman–Crippen MR) is 76.9 cm³/mol. The van der Waals surface area contributed by atoms with E-state index in [1.807, 2.05) is 18.4 Å². The molecular weight excluding hydrogens is 300 g/mol. The van der Waals surface area contributed by atoms with Crippen molar-refractivity contribution < 1.29 is 18.3 Å². The number of carboxylic acids is 1. The largest absolute Gasteiger partial charge is 0.481 e. The first-order valence-corrected chi connectivity index (χ1v) is 8.63. The highest BCUT2D eigenvalue weighted by molar-refractivity contribution is 7.86. The number of carboxylic acid groups (broad SMARTS) is 1. The number of carbonyl (C=O) groups is 1. The molecule has 1 aromatic heterocycles. The molecule has 2 rings (SSSR count). The summed E-state index contributed by atoms with van der Waals surface area (Å²) in [4.78, 5) is 11.8. The highest BCUT2D eigenvalue weighted by atomic mass is 32.2. The van der Waals surface area contributed by atoms with Gasteiger partial charge in [-0.2, -0.15) is 17.0 Å². The minimum absolute atomic E-state index is 0.0165. The van der Waals surface area contributed by atoms with Gasteiger partial charge in [-0.15, -0.1) is 11.3 Å². The van der Waals surface area contributed by atoms with Crippen LogP contribution in [0, 0.1) is 0 Å². The lowest BCUT2D eigenvalue weighted by molar-refractivity contribution is -0.137. The molecule has 0 aliphatic carbocycles. The summed E-state index contributed by atoms with van der Waals surface area (Å²) in [5.41, 5.74) is 1.05. The van der Waals surface area contributed by atoms with Crippen molar-refractivity contribution in [2.45, 2.75) is 25.8 Å². The molecule has 1 atom stereocenters. The van der Waals surface area contributed by atoms with Crippen LogP contribution in [0.15, 0.2) is 11.4 Å². The molecule has 0 radical (unpaired) electrons. The fourth-order valence-corrected chi connectivity index (χ4v) is 4.83. The highest BCUT2D eigenvalue weighted by Crippen LogP contribution is 2.34. The van der Waals surface area contributed by atoms with Crippen LogP contribution < -0.4 is 0 Å². The normalized spacial score (nSPS) is 20.1. The van der Waals surface area contributed by atoms with E-state index < -0.39 is 16.2 Å². The number of hydrogen-bond acceptors (Lipinski definition) is 4. The van der Waals surface area contributed by atoms with Gasteiger partial charge < -0.3 is 5.11 Å². The monoisotopic (exact) mass is 318 g/mol. The zero-order chi connectivity index (χ0) is 14.9.